The standard InChI is InChI=1S/C15H24N2O2S/c1-3-8-15(9-4-2,13(16)20)14(18)17-10-7-12-6-5-11-19-12/h5-6,11H,3-4,7-10H2,1-2H3,(H2,16,20)(H,17,18). The van der Waals surface area contributed by atoms with Gasteiger partial charge in [-0.3, -0.25) is 4.79 Å². The molecule has 0 fully saturated rings. The summed E-state index contributed by atoms with van der Waals surface area (Å²) in [6.07, 6.45) is 5.45. The number of rotatable bonds is 9. The van der Waals surface area contributed by atoms with Gasteiger partial charge in [-0.15, -0.1) is 0 Å². The summed E-state index contributed by atoms with van der Waals surface area (Å²) in [4.78, 5) is 12.8. The first-order chi connectivity index (χ1) is 9.56. The van der Waals surface area contributed by atoms with Crippen molar-refractivity contribution in [3.05, 3.63) is 24.2 Å². The Morgan fingerprint density at radius 1 is 1.40 bits per heavy atom. The molecule has 3 N–H and O–H groups in total. The second kappa shape index (κ2) is 8.04. The third kappa shape index (κ3) is 4.07. The Labute approximate surface area is 126 Å². The van der Waals surface area contributed by atoms with Gasteiger partial charge in [-0.25, -0.2) is 0 Å². The molecule has 0 atom stereocenters. The molecule has 1 rings (SSSR count). The quantitative estimate of drug-likeness (QED) is 0.688. The summed E-state index contributed by atoms with van der Waals surface area (Å²) in [5, 5.41) is 2.95. The van der Waals surface area contributed by atoms with Crippen molar-refractivity contribution in [2.45, 2.75) is 46.0 Å². The number of furan rings is 1. The molecule has 0 aliphatic heterocycles. The summed E-state index contributed by atoms with van der Waals surface area (Å²) in [7, 11) is 0. The number of amides is 1. The molecule has 1 heterocycles. The van der Waals surface area contributed by atoms with Gasteiger partial charge in [0, 0.05) is 13.0 Å². The molecule has 0 spiro atoms. The topological polar surface area (TPSA) is 68.3 Å². The van der Waals surface area contributed by atoms with Crippen LogP contribution in [0.5, 0.6) is 0 Å². The maximum absolute atomic E-state index is 12.5. The number of nitrogens with one attached hydrogen (secondary N) is 1. The van der Waals surface area contributed by atoms with Gasteiger partial charge in [-0.2, -0.15) is 0 Å². The first-order valence-corrected chi connectivity index (χ1v) is 7.58. The van der Waals surface area contributed by atoms with Crippen LogP contribution >= 0.6 is 12.2 Å². The lowest BCUT2D eigenvalue weighted by Gasteiger charge is -2.31. The molecule has 0 saturated carbocycles. The molecule has 112 valence electrons. The average Bonchev–Trinajstić information content (AvgIpc) is 2.91. The molecule has 0 radical (unpaired) electrons. The average molecular weight is 296 g/mol. The van der Waals surface area contributed by atoms with Crippen LogP contribution in [-0.2, 0) is 11.2 Å². The summed E-state index contributed by atoms with van der Waals surface area (Å²) < 4.78 is 5.24. The zero-order valence-electron chi connectivity index (χ0n) is 12.3. The van der Waals surface area contributed by atoms with E-state index < -0.39 is 5.41 Å². The molecule has 0 saturated heterocycles. The summed E-state index contributed by atoms with van der Waals surface area (Å²) >= 11 is 5.16. The van der Waals surface area contributed by atoms with E-state index in [0.717, 1.165) is 18.6 Å². The van der Waals surface area contributed by atoms with Crippen molar-refractivity contribution in [2.24, 2.45) is 11.1 Å². The van der Waals surface area contributed by atoms with Gasteiger partial charge in [0.05, 0.1) is 16.7 Å². The van der Waals surface area contributed by atoms with Crippen molar-refractivity contribution in [3.63, 3.8) is 0 Å². The highest BCUT2D eigenvalue weighted by Gasteiger charge is 2.39. The van der Waals surface area contributed by atoms with E-state index in [1.54, 1.807) is 6.26 Å². The largest absolute Gasteiger partial charge is 0.469 e. The maximum Gasteiger partial charge on any atom is 0.233 e. The Morgan fingerprint density at radius 3 is 2.50 bits per heavy atom. The second-order valence-electron chi connectivity index (χ2n) is 5.03. The van der Waals surface area contributed by atoms with Crippen molar-refractivity contribution >= 4 is 23.1 Å². The minimum Gasteiger partial charge on any atom is -0.469 e. The molecule has 0 aromatic carbocycles. The van der Waals surface area contributed by atoms with Crippen LogP contribution in [0.2, 0.25) is 0 Å². The molecule has 4 nitrogen and oxygen atoms in total. The highest BCUT2D eigenvalue weighted by Crippen LogP contribution is 2.30. The Morgan fingerprint density at radius 2 is 2.05 bits per heavy atom. The van der Waals surface area contributed by atoms with Gasteiger partial charge in [0.1, 0.15) is 5.76 Å². The normalized spacial score (nSPS) is 11.3. The van der Waals surface area contributed by atoms with Gasteiger partial charge < -0.3 is 15.5 Å². The van der Waals surface area contributed by atoms with Gasteiger partial charge in [0.2, 0.25) is 5.91 Å². The number of carbonyl (C=O) groups excluding carboxylic acids is 1. The number of carbonyl (C=O) groups is 1. The molecule has 0 aliphatic rings. The molecule has 1 amide bonds. The van der Waals surface area contributed by atoms with Gasteiger partial charge in [-0.05, 0) is 25.0 Å². The molecule has 0 bridgehead atoms. The van der Waals surface area contributed by atoms with Crippen molar-refractivity contribution in [1.82, 2.24) is 5.32 Å². The van der Waals surface area contributed by atoms with Crippen LogP contribution in [0.3, 0.4) is 0 Å². The van der Waals surface area contributed by atoms with E-state index in [1.807, 2.05) is 26.0 Å². The van der Waals surface area contributed by atoms with E-state index in [0.29, 0.717) is 30.8 Å². The Hall–Kier alpha value is -1.36. The lowest BCUT2D eigenvalue weighted by molar-refractivity contribution is -0.128. The lowest BCUT2D eigenvalue weighted by atomic mass is 9.78. The first-order valence-electron chi connectivity index (χ1n) is 7.17. The fraction of sp³-hybridized carbons (Fsp3) is 0.600. The van der Waals surface area contributed by atoms with Gasteiger partial charge in [-0.1, -0.05) is 38.9 Å². The van der Waals surface area contributed by atoms with Gasteiger partial charge >= 0.3 is 0 Å². The van der Waals surface area contributed by atoms with E-state index in [1.165, 1.54) is 0 Å². The van der Waals surface area contributed by atoms with Crippen molar-refractivity contribution in [2.75, 3.05) is 6.54 Å². The highest BCUT2D eigenvalue weighted by molar-refractivity contribution is 7.80. The van der Waals surface area contributed by atoms with Crippen LogP contribution in [0.25, 0.3) is 0 Å². The van der Waals surface area contributed by atoms with E-state index in [2.05, 4.69) is 5.32 Å². The number of nitrogens with two attached hydrogens (primary N) is 1. The summed E-state index contributed by atoms with van der Waals surface area (Å²) in [6.45, 7) is 4.61. The van der Waals surface area contributed by atoms with E-state index in [-0.39, 0.29) is 5.91 Å². The van der Waals surface area contributed by atoms with Crippen LogP contribution in [0, 0.1) is 5.41 Å². The Bertz CT molecular complexity index is 423. The second-order valence-corrected chi connectivity index (χ2v) is 5.47. The minimum atomic E-state index is -0.706. The monoisotopic (exact) mass is 296 g/mol. The zero-order valence-corrected chi connectivity index (χ0v) is 13.1. The van der Waals surface area contributed by atoms with Gasteiger partial charge in [0.25, 0.3) is 0 Å². The zero-order chi connectivity index (χ0) is 15.0. The molecular formula is C15H24N2O2S. The molecule has 0 aliphatic carbocycles. The molecule has 20 heavy (non-hydrogen) atoms. The third-order valence-corrected chi connectivity index (χ3v) is 3.89. The number of hydrogen-bond donors (Lipinski definition) is 2. The van der Waals surface area contributed by atoms with Crippen LogP contribution in [0.15, 0.2) is 22.8 Å². The molecular weight excluding hydrogens is 272 g/mol. The van der Waals surface area contributed by atoms with Crippen LogP contribution < -0.4 is 11.1 Å². The highest BCUT2D eigenvalue weighted by atomic mass is 32.1. The Balaban J connectivity index is 2.64. The van der Waals surface area contributed by atoms with Crippen molar-refractivity contribution in [1.29, 1.82) is 0 Å². The van der Waals surface area contributed by atoms with E-state index in [9.17, 15) is 4.79 Å². The maximum atomic E-state index is 12.5. The summed E-state index contributed by atoms with van der Waals surface area (Å²) in [5.41, 5.74) is 5.16. The summed E-state index contributed by atoms with van der Waals surface area (Å²) in [5.74, 6) is 0.803. The Kier molecular flexibility index (Phi) is 6.71. The van der Waals surface area contributed by atoms with E-state index in [4.69, 9.17) is 22.4 Å². The molecule has 1 aromatic heterocycles. The third-order valence-electron chi connectivity index (χ3n) is 3.50. The smallest absolute Gasteiger partial charge is 0.233 e. The number of thiocarbonyl (C=S) groups is 1. The molecule has 0 unspecified atom stereocenters. The predicted octanol–water partition coefficient (Wildman–Crippen LogP) is 2.81. The SMILES string of the molecule is CCCC(CCC)(C(=O)NCCc1ccco1)C(N)=S. The molecule has 5 heteroatoms. The predicted molar refractivity (Wildman–Crippen MR) is 84.5 cm³/mol. The van der Waals surface area contributed by atoms with Crippen molar-refractivity contribution < 1.29 is 9.21 Å². The van der Waals surface area contributed by atoms with Gasteiger partial charge in [0.15, 0.2) is 0 Å². The fourth-order valence-electron chi connectivity index (χ4n) is 2.49. The molecule has 1 aromatic rings. The first kappa shape index (κ1) is 16.7. The number of hydrogen-bond acceptors (Lipinski definition) is 3. The van der Waals surface area contributed by atoms with Crippen molar-refractivity contribution in [3.8, 4) is 0 Å². The summed E-state index contributed by atoms with van der Waals surface area (Å²) in [6, 6.07) is 3.73. The van der Waals surface area contributed by atoms with Crippen LogP contribution in [0.4, 0.5) is 0 Å². The lowest BCUT2D eigenvalue weighted by Crippen LogP contribution is -2.49. The fourth-order valence-corrected chi connectivity index (χ4v) is 2.78. The minimum absolute atomic E-state index is 0.0553. The van der Waals surface area contributed by atoms with Crippen LogP contribution in [-0.4, -0.2) is 17.4 Å². The van der Waals surface area contributed by atoms with E-state index >= 15 is 0 Å². The van der Waals surface area contributed by atoms with Crippen LogP contribution in [0.1, 0.15) is 45.3 Å².